The molecule has 1 aromatic carbocycles. The van der Waals surface area contributed by atoms with E-state index in [1.54, 1.807) is 48.8 Å². The van der Waals surface area contributed by atoms with E-state index in [4.69, 9.17) is 9.47 Å². The number of hydrogen-bond acceptors (Lipinski definition) is 6. The van der Waals surface area contributed by atoms with Gasteiger partial charge in [0.25, 0.3) is 0 Å². The van der Waals surface area contributed by atoms with Crippen LogP contribution in [0.4, 0.5) is 0 Å². The fraction of sp³-hybridized carbons (Fsp3) is 0.353. The molecule has 142 valence electrons. The van der Waals surface area contributed by atoms with Gasteiger partial charge in [0, 0.05) is 26.6 Å². The summed E-state index contributed by atoms with van der Waals surface area (Å²) in [6.45, 7) is 2.19. The van der Waals surface area contributed by atoms with Crippen LogP contribution >= 0.6 is 11.3 Å². The Hall–Kier alpha value is -2.10. The number of sulfonamides is 1. The lowest BCUT2D eigenvalue weighted by atomic mass is 10.2. The van der Waals surface area contributed by atoms with Gasteiger partial charge in [-0.2, -0.15) is 0 Å². The largest absolute Gasteiger partial charge is 0.493 e. The van der Waals surface area contributed by atoms with E-state index in [1.165, 1.54) is 6.92 Å². The average molecular weight is 399 g/mol. The van der Waals surface area contributed by atoms with Crippen molar-refractivity contribution in [2.75, 3.05) is 27.3 Å². The number of rotatable bonds is 9. The van der Waals surface area contributed by atoms with Gasteiger partial charge in [-0.25, -0.2) is 13.1 Å². The van der Waals surface area contributed by atoms with Gasteiger partial charge < -0.3 is 14.4 Å². The molecular formula is C17H22N2O5S2. The van der Waals surface area contributed by atoms with Gasteiger partial charge in [0.15, 0.2) is 11.5 Å². The van der Waals surface area contributed by atoms with Crippen LogP contribution in [0.3, 0.4) is 0 Å². The van der Waals surface area contributed by atoms with E-state index in [9.17, 15) is 13.2 Å². The monoisotopic (exact) mass is 398 g/mol. The Bertz CT molecular complexity index is 835. The molecule has 7 nitrogen and oxygen atoms in total. The van der Waals surface area contributed by atoms with Crippen molar-refractivity contribution in [3.8, 4) is 11.5 Å². The zero-order chi connectivity index (χ0) is 19.2. The summed E-state index contributed by atoms with van der Waals surface area (Å²) >= 11 is 1.15. The van der Waals surface area contributed by atoms with Crippen LogP contribution in [0.5, 0.6) is 11.5 Å². The molecule has 26 heavy (non-hydrogen) atoms. The molecule has 1 heterocycles. The molecule has 1 N–H and O–H groups in total. The lowest BCUT2D eigenvalue weighted by molar-refractivity contribution is -0.129. The highest BCUT2D eigenvalue weighted by Crippen LogP contribution is 2.28. The van der Waals surface area contributed by atoms with Crippen molar-refractivity contribution in [2.45, 2.75) is 17.7 Å². The van der Waals surface area contributed by atoms with Crippen LogP contribution < -0.4 is 14.2 Å². The number of benzene rings is 1. The molecule has 0 saturated heterocycles. The zero-order valence-corrected chi connectivity index (χ0v) is 16.5. The average Bonchev–Trinajstić information content (AvgIpc) is 3.16. The second-order valence-corrected chi connectivity index (χ2v) is 8.40. The Morgan fingerprint density at radius 3 is 2.50 bits per heavy atom. The molecular weight excluding hydrogens is 376 g/mol. The van der Waals surface area contributed by atoms with E-state index in [0.29, 0.717) is 18.0 Å². The Labute approximate surface area is 157 Å². The first-order valence-corrected chi connectivity index (χ1v) is 10.2. The maximum Gasteiger partial charge on any atom is 0.250 e. The van der Waals surface area contributed by atoms with E-state index in [-0.39, 0.29) is 23.2 Å². The second-order valence-electron chi connectivity index (χ2n) is 5.46. The topological polar surface area (TPSA) is 84.9 Å². The lowest BCUT2D eigenvalue weighted by Gasteiger charge is -2.22. The van der Waals surface area contributed by atoms with Crippen LogP contribution in [-0.4, -0.2) is 46.5 Å². The van der Waals surface area contributed by atoms with Gasteiger partial charge in [0.05, 0.1) is 14.2 Å². The molecule has 0 fully saturated rings. The molecule has 2 aromatic rings. The molecule has 0 radical (unpaired) electrons. The fourth-order valence-corrected chi connectivity index (χ4v) is 4.41. The lowest BCUT2D eigenvalue weighted by Crippen LogP contribution is -2.36. The smallest absolute Gasteiger partial charge is 0.250 e. The van der Waals surface area contributed by atoms with Crippen LogP contribution in [0.15, 0.2) is 39.9 Å². The number of methoxy groups -OCH3 is 2. The second kappa shape index (κ2) is 9.02. The summed E-state index contributed by atoms with van der Waals surface area (Å²) in [5, 5.41) is 1.70. The molecule has 1 amide bonds. The third-order valence-corrected chi connectivity index (χ3v) is 6.56. The molecule has 0 unspecified atom stereocenters. The molecule has 0 spiro atoms. The van der Waals surface area contributed by atoms with Crippen molar-refractivity contribution in [2.24, 2.45) is 0 Å². The molecule has 0 aliphatic rings. The van der Waals surface area contributed by atoms with Gasteiger partial charge in [-0.3, -0.25) is 4.79 Å². The van der Waals surface area contributed by atoms with Crippen molar-refractivity contribution in [3.05, 3.63) is 41.3 Å². The first-order chi connectivity index (χ1) is 12.4. The molecule has 0 aliphatic heterocycles. The predicted octanol–water partition coefficient (Wildman–Crippen LogP) is 2.09. The summed E-state index contributed by atoms with van der Waals surface area (Å²) in [6, 6.07) is 8.63. The van der Waals surface area contributed by atoms with Gasteiger partial charge in [0.2, 0.25) is 15.9 Å². The van der Waals surface area contributed by atoms with E-state index in [1.807, 2.05) is 6.07 Å². The van der Waals surface area contributed by atoms with Crippen LogP contribution in [0.25, 0.3) is 0 Å². The Morgan fingerprint density at radius 2 is 1.92 bits per heavy atom. The van der Waals surface area contributed by atoms with Crippen LogP contribution in [0.2, 0.25) is 0 Å². The summed E-state index contributed by atoms with van der Waals surface area (Å²) in [6.07, 6.45) is 0. The summed E-state index contributed by atoms with van der Waals surface area (Å²) < 4.78 is 37.5. The van der Waals surface area contributed by atoms with Crippen molar-refractivity contribution >= 4 is 27.3 Å². The number of thiophene rings is 1. The summed E-state index contributed by atoms with van der Waals surface area (Å²) in [5.41, 5.74) is 0.860. The van der Waals surface area contributed by atoms with Gasteiger partial charge >= 0.3 is 0 Å². The van der Waals surface area contributed by atoms with Gasteiger partial charge in [-0.15, -0.1) is 11.3 Å². The van der Waals surface area contributed by atoms with Crippen molar-refractivity contribution in [1.29, 1.82) is 0 Å². The quantitative estimate of drug-likeness (QED) is 0.699. The molecule has 9 heteroatoms. The molecule has 1 aromatic heterocycles. The first-order valence-electron chi connectivity index (χ1n) is 7.87. The maximum atomic E-state index is 12.1. The Kier molecular flexibility index (Phi) is 7.01. The van der Waals surface area contributed by atoms with Gasteiger partial charge in [0.1, 0.15) is 4.21 Å². The Morgan fingerprint density at radius 1 is 1.19 bits per heavy atom. The maximum absolute atomic E-state index is 12.1. The number of ether oxygens (including phenoxy) is 2. The number of carbonyl (C=O) groups is 1. The molecule has 0 atom stereocenters. The van der Waals surface area contributed by atoms with E-state index in [2.05, 4.69) is 4.72 Å². The van der Waals surface area contributed by atoms with Crippen LogP contribution in [0, 0.1) is 0 Å². The van der Waals surface area contributed by atoms with Gasteiger partial charge in [-0.05, 0) is 29.1 Å². The first kappa shape index (κ1) is 20.2. The number of carbonyl (C=O) groups excluding carboxylic acids is 1. The Balaban J connectivity index is 2.00. The SMILES string of the molecule is COc1ccc(CN(CCNS(=O)(=O)c2cccs2)C(C)=O)cc1OC. The number of amides is 1. The molecule has 0 bridgehead atoms. The minimum atomic E-state index is -3.54. The highest BCUT2D eigenvalue weighted by atomic mass is 32.2. The van der Waals surface area contributed by atoms with Crippen molar-refractivity contribution in [1.82, 2.24) is 9.62 Å². The summed E-state index contributed by atoms with van der Waals surface area (Å²) in [5.74, 6) is 1.04. The summed E-state index contributed by atoms with van der Waals surface area (Å²) in [7, 11) is -0.437. The number of nitrogens with zero attached hydrogens (tertiary/aromatic N) is 1. The van der Waals surface area contributed by atoms with E-state index < -0.39 is 10.0 Å². The normalized spacial score (nSPS) is 11.2. The van der Waals surface area contributed by atoms with Crippen molar-refractivity contribution < 1.29 is 22.7 Å². The predicted molar refractivity (Wildman–Crippen MR) is 100 cm³/mol. The molecule has 0 aliphatic carbocycles. The number of hydrogen-bond donors (Lipinski definition) is 1. The third kappa shape index (κ3) is 5.20. The molecule has 2 rings (SSSR count). The van der Waals surface area contributed by atoms with Crippen LogP contribution in [0.1, 0.15) is 12.5 Å². The van der Waals surface area contributed by atoms with E-state index in [0.717, 1.165) is 16.9 Å². The zero-order valence-electron chi connectivity index (χ0n) is 14.9. The van der Waals surface area contributed by atoms with Gasteiger partial charge in [-0.1, -0.05) is 12.1 Å². The number of nitrogens with one attached hydrogen (secondary N) is 1. The minimum absolute atomic E-state index is 0.132. The summed E-state index contributed by atoms with van der Waals surface area (Å²) in [4.78, 5) is 13.5. The van der Waals surface area contributed by atoms with E-state index >= 15 is 0 Å². The highest BCUT2D eigenvalue weighted by Gasteiger charge is 2.16. The third-order valence-electron chi connectivity index (χ3n) is 3.70. The highest BCUT2D eigenvalue weighted by molar-refractivity contribution is 7.91. The minimum Gasteiger partial charge on any atom is -0.493 e. The van der Waals surface area contributed by atoms with Crippen LogP contribution in [-0.2, 0) is 21.4 Å². The standard InChI is InChI=1S/C17H22N2O5S2/c1-13(20)19(9-8-18-26(21,22)17-5-4-10-25-17)12-14-6-7-15(23-2)16(11-14)24-3/h4-7,10-11,18H,8-9,12H2,1-3H3. The molecule has 0 saturated carbocycles. The van der Waals surface area contributed by atoms with Crippen molar-refractivity contribution in [3.63, 3.8) is 0 Å². The fourth-order valence-electron chi connectivity index (χ4n) is 2.35.